The van der Waals surface area contributed by atoms with E-state index in [4.69, 9.17) is 11.6 Å². The number of piperidine rings is 1. The minimum atomic E-state index is -0.862. The molecule has 2 aromatic carbocycles. The molecule has 0 spiro atoms. The van der Waals surface area contributed by atoms with Gasteiger partial charge in [-0.25, -0.2) is 4.98 Å². The quantitative estimate of drug-likeness (QED) is 0.272. The Balaban J connectivity index is 1.29. The summed E-state index contributed by atoms with van der Waals surface area (Å²) in [6, 6.07) is 11.8. The van der Waals surface area contributed by atoms with Gasteiger partial charge in [-0.05, 0) is 68.9 Å². The van der Waals surface area contributed by atoms with E-state index in [1.165, 1.54) is 11.1 Å². The van der Waals surface area contributed by atoms with Crippen molar-refractivity contribution in [2.24, 2.45) is 0 Å². The second-order valence-electron chi connectivity index (χ2n) is 10.1. The van der Waals surface area contributed by atoms with Crippen molar-refractivity contribution in [3.63, 3.8) is 0 Å². The van der Waals surface area contributed by atoms with E-state index in [1.807, 2.05) is 7.05 Å². The van der Waals surface area contributed by atoms with Gasteiger partial charge in [-0.1, -0.05) is 23.7 Å². The number of carbonyl (C=O) groups is 2. The molecular weight excluding hydrogens is 520 g/mol. The highest BCUT2D eigenvalue weighted by Gasteiger charge is 2.41. The van der Waals surface area contributed by atoms with Crippen molar-refractivity contribution >= 4 is 40.1 Å². The molecule has 0 aliphatic carbocycles. The lowest BCUT2D eigenvalue weighted by Gasteiger charge is -2.33. The Labute approximate surface area is 228 Å². The molecule has 4 N–H and O–H groups in total. The SMILES string of the molecule is CN1CCC(N2C(=O)c3cc4nc(-c5c(NC[C@@H](O)c6cccc(Cl)c6)cc[nH]c5=O)[nH]c4cc3C2=O)CC1. The average molecular weight is 547 g/mol. The number of aromatic nitrogens is 3. The lowest BCUT2D eigenvalue weighted by atomic mass is 10.0. The van der Waals surface area contributed by atoms with Gasteiger partial charge in [0.05, 0.1) is 34.0 Å². The van der Waals surface area contributed by atoms with E-state index >= 15 is 0 Å². The number of nitrogens with one attached hydrogen (secondary N) is 3. The molecule has 39 heavy (non-hydrogen) atoms. The van der Waals surface area contributed by atoms with Crippen molar-refractivity contribution < 1.29 is 14.7 Å². The molecule has 4 aromatic rings. The van der Waals surface area contributed by atoms with Crippen LogP contribution in [0.15, 0.2) is 53.5 Å². The fraction of sp³-hybridized carbons (Fsp3) is 0.286. The Hall–Kier alpha value is -3.99. The molecule has 10 nitrogen and oxygen atoms in total. The number of imide groups is 1. The zero-order valence-electron chi connectivity index (χ0n) is 21.2. The third-order valence-electron chi connectivity index (χ3n) is 7.49. The maximum Gasteiger partial charge on any atom is 0.261 e. The summed E-state index contributed by atoms with van der Waals surface area (Å²) < 4.78 is 0. The number of aliphatic hydroxyl groups excluding tert-OH is 1. The van der Waals surface area contributed by atoms with Crippen LogP contribution in [0, 0.1) is 0 Å². The maximum atomic E-state index is 13.3. The van der Waals surface area contributed by atoms with Gasteiger partial charge in [0.1, 0.15) is 11.4 Å². The van der Waals surface area contributed by atoms with Gasteiger partial charge in [-0.2, -0.15) is 0 Å². The molecule has 2 amide bonds. The van der Waals surface area contributed by atoms with Crippen molar-refractivity contribution in [1.29, 1.82) is 0 Å². The number of hydrogen-bond acceptors (Lipinski definition) is 7. The first-order valence-electron chi connectivity index (χ1n) is 12.8. The standard InChI is InChI=1S/C28H27ClN6O4/c1-34-9-6-17(7-10-34)35-27(38)18-12-21-22(13-19(18)28(35)39)33-25(32-21)24-20(5-8-30-26(24)37)31-14-23(36)15-3-2-4-16(29)11-15/h2-5,8,11-13,17,23,36H,6-7,9-10,14H2,1H3,(H,32,33)(H2,30,31,37)/t23-/m1/s1. The van der Waals surface area contributed by atoms with E-state index in [2.05, 4.69) is 25.2 Å². The number of benzene rings is 2. The molecule has 0 radical (unpaired) electrons. The summed E-state index contributed by atoms with van der Waals surface area (Å²) in [5.41, 5.74) is 2.66. The Bertz CT molecular complexity index is 1600. The fourth-order valence-electron chi connectivity index (χ4n) is 5.36. The summed E-state index contributed by atoms with van der Waals surface area (Å²) in [6.45, 7) is 1.80. The zero-order valence-corrected chi connectivity index (χ0v) is 22.0. The van der Waals surface area contributed by atoms with Crippen LogP contribution >= 0.6 is 11.6 Å². The van der Waals surface area contributed by atoms with E-state index in [9.17, 15) is 19.5 Å². The molecule has 11 heteroatoms. The van der Waals surface area contributed by atoms with E-state index < -0.39 is 6.10 Å². The number of pyridine rings is 1. The van der Waals surface area contributed by atoms with Crippen molar-refractivity contribution in [1.82, 2.24) is 24.8 Å². The Morgan fingerprint density at radius 3 is 2.59 bits per heavy atom. The normalized spacial score (nSPS) is 17.2. The van der Waals surface area contributed by atoms with Crippen LogP contribution in [0.25, 0.3) is 22.4 Å². The molecule has 0 saturated carbocycles. The molecule has 2 aliphatic rings. The van der Waals surface area contributed by atoms with Gasteiger partial charge >= 0.3 is 0 Å². The number of halogens is 1. The zero-order chi connectivity index (χ0) is 27.3. The smallest absolute Gasteiger partial charge is 0.261 e. The Morgan fingerprint density at radius 2 is 1.85 bits per heavy atom. The fourth-order valence-corrected chi connectivity index (χ4v) is 5.56. The summed E-state index contributed by atoms with van der Waals surface area (Å²) in [5, 5.41) is 14.3. The summed E-state index contributed by atoms with van der Waals surface area (Å²) >= 11 is 6.04. The van der Waals surface area contributed by atoms with Crippen molar-refractivity contribution in [2.75, 3.05) is 32.0 Å². The van der Waals surface area contributed by atoms with Gasteiger partial charge in [0.15, 0.2) is 0 Å². The lowest BCUT2D eigenvalue weighted by Crippen LogP contribution is -2.46. The van der Waals surface area contributed by atoms with Crippen LogP contribution in [-0.4, -0.2) is 74.4 Å². The van der Waals surface area contributed by atoms with Crippen LogP contribution in [0.5, 0.6) is 0 Å². The Morgan fingerprint density at radius 1 is 1.10 bits per heavy atom. The molecule has 2 aromatic heterocycles. The first-order chi connectivity index (χ1) is 18.8. The molecule has 4 heterocycles. The summed E-state index contributed by atoms with van der Waals surface area (Å²) in [6.07, 6.45) is 2.15. The summed E-state index contributed by atoms with van der Waals surface area (Å²) in [5.74, 6) is -0.314. The van der Waals surface area contributed by atoms with Crippen LogP contribution in [0.1, 0.15) is 45.2 Å². The van der Waals surface area contributed by atoms with Crippen molar-refractivity contribution in [2.45, 2.75) is 25.0 Å². The topological polar surface area (TPSA) is 134 Å². The highest BCUT2D eigenvalue weighted by Crippen LogP contribution is 2.33. The summed E-state index contributed by atoms with van der Waals surface area (Å²) in [7, 11) is 2.03. The highest BCUT2D eigenvalue weighted by atomic mass is 35.5. The molecule has 0 unspecified atom stereocenters. The number of amides is 2. The molecule has 0 bridgehead atoms. The second-order valence-corrected chi connectivity index (χ2v) is 10.5. The van der Waals surface area contributed by atoms with Crippen LogP contribution in [0.4, 0.5) is 5.69 Å². The number of carbonyl (C=O) groups excluding carboxylic acids is 2. The molecule has 6 rings (SSSR count). The average Bonchev–Trinajstić information content (AvgIpc) is 3.44. The lowest BCUT2D eigenvalue weighted by molar-refractivity contribution is 0.0516. The second kappa shape index (κ2) is 9.96. The molecule has 1 atom stereocenters. The van der Waals surface area contributed by atoms with E-state index in [1.54, 1.807) is 42.5 Å². The molecular formula is C28H27ClN6O4. The minimum Gasteiger partial charge on any atom is -0.387 e. The minimum absolute atomic E-state index is 0.116. The Kier molecular flexibility index (Phi) is 6.46. The third kappa shape index (κ3) is 4.60. The monoisotopic (exact) mass is 546 g/mol. The van der Waals surface area contributed by atoms with Crippen LogP contribution in [0.2, 0.25) is 5.02 Å². The van der Waals surface area contributed by atoms with E-state index in [-0.39, 0.29) is 41.3 Å². The maximum absolute atomic E-state index is 13.3. The van der Waals surface area contributed by atoms with Gasteiger partial charge < -0.3 is 25.3 Å². The number of fused-ring (bicyclic) bond motifs is 2. The molecule has 2 aliphatic heterocycles. The van der Waals surface area contributed by atoms with Crippen LogP contribution in [-0.2, 0) is 0 Å². The highest BCUT2D eigenvalue weighted by molar-refractivity contribution is 6.30. The number of aliphatic hydroxyl groups is 1. The van der Waals surface area contributed by atoms with Gasteiger partial charge in [0.25, 0.3) is 17.4 Å². The van der Waals surface area contributed by atoms with E-state index in [0.717, 1.165) is 25.9 Å². The van der Waals surface area contributed by atoms with Crippen molar-refractivity contribution in [3.05, 3.63) is 80.7 Å². The predicted molar refractivity (Wildman–Crippen MR) is 148 cm³/mol. The predicted octanol–water partition coefficient (Wildman–Crippen LogP) is 3.41. The number of hydrogen-bond donors (Lipinski definition) is 4. The molecule has 1 fully saturated rings. The van der Waals surface area contributed by atoms with Gasteiger partial charge in [0, 0.05) is 23.8 Å². The molecule has 200 valence electrons. The summed E-state index contributed by atoms with van der Waals surface area (Å²) in [4.78, 5) is 53.4. The number of likely N-dealkylation sites (tertiary alicyclic amines) is 1. The number of anilines is 1. The largest absolute Gasteiger partial charge is 0.387 e. The number of imidazole rings is 1. The van der Waals surface area contributed by atoms with Gasteiger partial charge in [0.2, 0.25) is 0 Å². The number of aromatic amines is 2. The van der Waals surface area contributed by atoms with Crippen LogP contribution < -0.4 is 10.9 Å². The first kappa shape index (κ1) is 25.3. The van der Waals surface area contributed by atoms with E-state index in [0.29, 0.717) is 38.4 Å². The third-order valence-corrected chi connectivity index (χ3v) is 7.72. The van der Waals surface area contributed by atoms with Crippen molar-refractivity contribution in [3.8, 4) is 11.4 Å². The first-order valence-corrected chi connectivity index (χ1v) is 13.2. The molecule has 1 saturated heterocycles. The van der Waals surface area contributed by atoms with Crippen LogP contribution in [0.3, 0.4) is 0 Å². The van der Waals surface area contributed by atoms with Gasteiger partial charge in [-0.3, -0.25) is 19.3 Å². The number of nitrogens with zero attached hydrogens (tertiary/aromatic N) is 3. The number of H-pyrrole nitrogens is 2. The number of rotatable bonds is 6. The van der Waals surface area contributed by atoms with Gasteiger partial charge in [-0.15, -0.1) is 0 Å².